The minimum atomic E-state index is -3.44. The number of halogens is 2. The fraction of sp³-hybridized carbons (Fsp3) is 0.111. The summed E-state index contributed by atoms with van der Waals surface area (Å²) in [6.45, 7) is 1.53. The normalized spacial score (nSPS) is 11.4. The number of amides is 1. The highest BCUT2D eigenvalue weighted by Crippen LogP contribution is 2.29. The number of anilines is 2. The van der Waals surface area contributed by atoms with E-state index in [1.54, 1.807) is 42.5 Å². The van der Waals surface area contributed by atoms with Crippen LogP contribution in [-0.2, 0) is 10.0 Å². The zero-order chi connectivity index (χ0) is 20.3. The summed E-state index contributed by atoms with van der Waals surface area (Å²) >= 11 is 12.2. The number of hydrogen-bond acceptors (Lipinski definition) is 5. The van der Waals surface area contributed by atoms with Gasteiger partial charge in [0.2, 0.25) is 10.0 Å². The van der Waals surface area contributed by atoms with Crippen LogP contribution in [-0.4, -0.2) is 25.1 Å². The first-order valence-electron chi connectivity index (χ1n) is 8.21. The second kappa shape index (κ2) is 8.32. The number of carbonyl (C=O) groups is 1. The second-order valence-corrected chi connectivity index (χ2v) is 8.57. The molecule has 3 rings (SSSR count). The predicted molar refractivity (Wildman–Crippen MR) is 112 cm³/mol. The zero-order valence-electron chi connectivity index (χ0n) is 14.7. The number of fused-ring (bicyclic) bond motifs is 1. The van der Waals surface area contributed by atoms with Gasteiger partial charge in [0, 0.05) is 11.6 Å². The van der Waals surface area contributed by atoms with Crippen molar-refractivity contribution in [2.45, 2.75) is 6.92 Å². The third kappa shape index (κ3) is 4.36. The van der Waals surface area contributed by atoms with Gasteiger partial charge in [0.15, 0.2) is 0 Å². The molecule has 0 aliphatic rings. The lowest BCUT2D eigenvalue weighted by molar-refractivity contribution is 0.102. The van der Waals surface area contributed by atoms with Crippen molar-refractivity contribution in [3.8, 4) is 0 Å². The van der Waals surface area contributed by atoms with E-state index in [9.17, 15) is 13.2 Å². The molecule has 146 valence electrons. The summed E-state index contributed by atoms with van der Waals surface area (Å²) in [5.74, 6) is -0.543. The molecular weight excluding hydrogens is 423 g/mol. The number of para-hydroxylation sites is 1. The molecule has 3 aromatic rings. The van der Waals surface area contributed by atoms with Gasteiger partial charge < -0.3 is 10.7 Å². The predicted octanol–water partition coefficient (Wildman–Crippen LogP) is 4.06. The maximum absolute atomic E-state index is 12.7. The molecular formula is C18H16Cl2N4O3S. The van der Waals surface area contributed by atoms with E-state index in [2.05, 4.69) is 20.6 Å². The number of hydrazine groups is 1. The van der Waals surface area contributed by atoms with E-state index < -0.39 is 15.9 Å². The summed E-state index contributed by atoms with van der Waals surface area (Å²) < 4.78 is 23.3. The Kier molecular flexibility index (Phi) is 6.04. The molecule has 7 nitrogen and oxygen atoms in total. The molecule has 0 saturated carbocycles. The van der Waals surface area contributed by atoms with Crippen LogP contribution in [0.2, 0.25) is 10.0 Å². The summed E-state index contributed by atoms with van der Waals surface area (Å²) in [6.07, 6.45) is 1.50. The number of nitrogens with zero attached hydrogens (tertiary/aromatic N) is 1. The monoisotopic (exact) mass is 438 g/mol. The van der Waals surface area contributed by atoms with Crippen LogP contribution in [0.25, 0.3) is 10.9 Å². The van der Waals surface area contributed by atoms with Crippen LogP contribution in [0.15, 0.2) is 48.7 Å². The number of rotatable bonds is 6. The van der Waals surface area contributed by atoms with Gasteiger partial charge in [-0.3, -0.25) is 9.78 Å². The average molecular weight is 439 g/mol. The molecule has 1 heterocycles. The van der Waals surface area contributed by atoms with Crippen molar-refractivity contribution in [2.75, 3.05) is 16.5 Å². The van der Waals surface area contributed by atoms with Gasteiger partial charge in [-0.2, -0.15) is 0 Å². The number of hydrogen-bond donors (Lipinski definition) is 3. The third-order valence-corrected chi connectivity index (χ3v) is 5.73. The van der Waals surface area contributed by atoms with Gasteiger partial charge in [-0.05, 0) is 31.2 Å². The lowest BCUT2D eigenvalue weighted by Crippen LogP contribution is -2.30. The van der Waals surface area contributed by atoms with Crippen LogP contribution >= 0.6 is 23.2 Å². The second-order valence-electron chi connectivity index (χ2n) is 5.74. The Balaban J connectivity index is 1.95. The van der Waals surface area contributed by atoms with Crippen molar-refractivity contribution < 1.29 is 13.2 Å². The number of nitrogens with one attached hydrogen (secondary N) is 3. The van der Waals surface area contributed by atoms with Gasteiger partial charge in [0.1, 0.15) is 0 Å². The first kappa shape index (κ1) is 20.3. The maximum Gasteiger partial charge on any atom is 0.258 e. The zero-order valence-corrected chi connectivity index (χ0v) is 17.0. The smallest absolute Gasteiger partial charge is 0.258 e. The molecule has 0 radical (unpaired) electrons. The van der Waals surface area contributed by atoms with Crippen molar-refractivity contribution in [1.29, 1.82) is 0 Å². The molecule has 0 aliphatic heterocycles. The maximum atomic E-state index is 12.7. The van der Waals surface area contributed by atoms with Crippen LogP contribution in [0.4, 0.5) is 11.4 Å². The Morgan fingerprint density at radius 2 is 1.71 bits per heavy atom. The van der Waals surface area contributed by atoms with E-state index in [4.69, 9.17) is 23.2 Å². The molecule has 0 fully saturated rings. The number of pyridine rings is 1. The standard InChI is InChI=1S/C18H16Cl2N4O3S/c1-2-28(26,27)24-23-14-9-10-21-17-11(14)5-3-8-15(17)22-18(25)16-12(19)6-4-7-13(16)20/h3-10,24H,2H2,1H3,(H,21,23)(H,22,25). The molecule has 3 N–H and O–H groups in total. The molecule has 10 heteroatoms. The van der Waals surface area contributed by atoms with Crippen LogP contribution in [0.3, 0.4) is 0 Å². The summed E-state index contributed by atoms with van der Waals surface area (Å²) in [5, 5.41) is 3.83. The van der Waals surface area contributed by atoms with Gasteiger partial charge in [-0.1, -0.05) is 41.4 Å². The van der Waals surface area contributed by atoms with Gasteiger partial charge in [0.05, 0.1) is 38.3 Å². The molecule has 1 aromatic heterocycles. The Labute approximate surface area is 172 Å². The molecule has 0 aliphatic carbocycles. The molecule has 0 saturated heterocycles. The summed E-state index contributed by atoms with van der Waals surface area (Å²) in [6, 6.07) is 11.6. The van der Waals surface area contributed by atoms with Gasteiger partial charge in [0.25, 0.3) is 5.91 Å². The van der Waals surface area contributed by atoms with Crippen LogP contribution in [0, 0.1) is 0 Å². The molecule has 1 amide bonds. The average Bonchev–Trinajstić information content (AvgIpc) is 2.66. The molecule has 0 atom stereocenters. The quantitative estimate of drug-likeness (QED) is 0.503. The van der Waals surface area contributed by atoms with Crippen LogP contribution < -0.4 is 15.6 Å². The van der Waals surface area contributed by atoms with Gasteiger partial charge >= 0.3 is 0 Å². The molecule has 28 heavy (non-hydrogen) atoms. The lowest BCUT2D eigenvalue weighted by Gasteiger charge is -2.13. The van der Waals surface area contributed by atoms with E-state index >= 15 is 0 Å². The first-order valence-corrected chi connectivity index (χ1v) is 10.6. The molecule has 0 spiro atoms. The SMILES string of the molecule is CCS(=O)(=O)NNc1ccnc2c(NC(=O)c3c(Cl)cccc3Cl)cccc12. The Hall–Kier alpha value is -2.39. The lowest BCUT2D eigenvalue weighted by atomic mass is 10.1. The van der Waals surface area contributed by atoms with E-state index in [1.165, 1.54) is 13.1 Å². The first-order chi connectivity index (χ1) is 13.3. The Bertz CT molecular complexity index is 1130. The van der Waals surface area contributed by atoms with Gasteiger partial charge in [-0.15, -0.1) is 4.83 Å². The highest BCUT2D eigenvalue weighted by atomic mass is 35.5. The number of aromatic nitrogens is 1. The van der Waals surface area contributed by atoms with Crippen molar-refractivity contribution >= 4 is 61.4 Å². The van der Waals surface area contributed by atoms with E-state index in [0.717, 1.165) is 0 Å². The van der Waals surface area contributed by atoms with Crippen LogP contribution in [0.1, 0.15) is 17.3 Å². The van der Waals surface area contributed by atoms with E-state index in [1.807, 2.05) is 0 Å². The minimum Gasteiger partial charge on any atom is -0.320 e. The number of benzene rings is 2. The summed E-state index contributed by atoms with van der Waals surface area (Å²) in [5.41, 5.74) is 4.23. The summed E-state index contributed by atoms with van der Waals surface area (Å²) in [4.78, 5) is 19.3. The highest BCUT2D eigenvalue weighted by Gasteiger charge is 2.16. The summed E-state index contributed by atoms with van der Waals surface area (Å²) in [7, 11) is -3.44. The minimum absolute atomic E-state index is 0.0665. The highest BCUT2D eigenvalue weighted by molar-refractivity contribution is 7.89. The molecule has 0 bridgehead atoms. The largest absolute Gasteiger partial charge is 0.320 e. The van der Waals surface area contributed by atoms with E-state index in [-0.39, 0.29) is 21.4 Å². The fourth-order valence-electron chi connectivity index (χ4n) is 2.49. The van der Waals surface area contributed by atoms with E-state index in [0.29, 0.717) is 22.3 Å². The van der Waals surface area contributed by atoms with Crippen LogP contribution in [0.5, 0.6) is 0 Å². The Morgan fingerprint density at radius 3 is 2.39 bits per heavy atom. The number of carbonyl (C=O) groups excluding carboxylic acids is 1. The van der Waals surface area contributed by atoms with Crippen molar-refractivity contribution in [3.05, 3.63) is 64.3 Å². The van der Waals surface area contributed by atoms with Gasteiger partial charge in [-0.25, -0.2) is 8.42 Å². The van der Waals surface area contributed by atoms with Crippen molar-refractivity contribution in [1.82, 2.24) is 9.82 Å². The Morgan fingerprint density at radius 1 is 1.04 bits per heavy atom. The van der Waals surface area contributed by atoms with Crippen molar-refractivity contribution in [2.24, 2.45) is 0 Å². The van der Waals surface area contributed by atoms with Crippen molar-refractivity contribution in [3.63, 3.8) is 0 Å². The number of sulfonamides is 1. The fourth-order valence-corrected chi connectivity index (χ4v) is 3.47. The molecule has 2 aromatic carbocycles. The molecule has 0 unspecified atom stereocenters. The third-order valence-electron chi connectivity index (χ3n) is 3.93. The topological polar surface area (TPSA) is 100 Å².